The number of nitro groups is 1. The van der Waals surface area contributed by atoms with Crippen LogP contribution < -0.4 is 14.8 Å². The number of amides is 4. The Morgan fingerprint density at radius 2 is 1.68 bits per heavy atom. The van der Waals surface area contributed by atoms with E-state index in [1.54, 1.807) is 23.1 Å². The number of ether oxygens (including phenoxy) is 2. The zero-order chi connectivity index (χ0) is 27.4. The summed E-state index contributed by atoms with van der Waals surface area (Å²) in [5.74, 6) is -0.433. The van der Waals surface area contributed by atoms with Gasteiger partial charge in [0.25, 0.3) is 23.4 Å². The molecule has 4 rings (SSSR count). The third-order valence-corrected chi connectivity index (χ3v) is 6.73. The molecule has 0 saturated carbocycles. The number of non-ortho nitro benzene ring substituents is 1. The van der Waals surface area contributed by atoms with E-state index in [1.165, 1.54) is 26.4 Å². The Morgan fingerprint density at radius 3 is 2.34 bits per heavy atom. The summed E-state index contributed by atoms with van der Waals surface area (Å²) < 4.78 is 10.5. The number of nitrogens with zero attached hydrogens (tertiary/aromatic N) is 3. The number of imide groups is 1. The Labute approximate surface area is 218 Å². The molecule has 12 heteroatoms. The zero-order valence-corrected chi connectivity index (χ0v) is 21.1. The fraction of sp³-hybridized carbons (Fsp3) is 0.385. The summed E-state index contributed by atoms with van der Waals surface area (Å²) in [6.07, 6.45) is 1.57. The molecule has 12 nitrogen and oxygen atoms in total. The summed E-state index contributed by atoms with van der Waals surface area (Å²) in [6.45, 7) is 1.00. The predicted molar refractivity (Wildman–Crippen MR) is 134 cm³/mol. The Hall–Kier alpha value is -4.48. The molecule has 0 radical (unpaired) electrons. The van der Waals surface area contributed by atoms with Crippen LogP contribution in [0.1, 0.15) is 56.8 Å². The van der Waals surface area contributed by atoms with Gasteiger partial charge in [0.05, 0.1) is 30.3 Å². The first-order valence-electron chi connectivity index (χ1n) is 12.2. The van der Waals surface area contributed by atoms with Gasteiger partial charge in [-0.15, -0.1) is 0 Å². The number of carbonyl (C=O) groups is 4. The largest absolute Gasteiger partial charge is 0.493 e. The molecule has 1 fully saturated rings. The maximum atomic E-state index is 12.9. The van der Waals surface area contributed by atoms with Crippen LogP contribution in [0.15, 0.2) is 36.4 Å². The van der Waals surface area contributed by atoms with E-state index < -0.39 is 16.7 Å². The van der Waals surface area contributed by atoms with Crippen molar-refractivity contribution in [3.05, 3.63) is 63.2 Å². The van der Waals surface area contributed by atoms with Gasteiger partial charge in [-0.05, 0) is 43.5 Å². The minimum absolute atomic E-state index is 0.00282. The van der Waals surface area contributed by atoms with Crippen LogP contribution in [0, 0.1) is 10.1 Å². The van der Waals surface area contributed by atoms with Gasteiger partial charge in [-0.2, -0.15) is 0 Å². The lowest BCUT2D eigenvalue weighted by Gasteiger charge is -2.32. The zero-order valence-electron chi connectivity index (χ0n) is 21.1. The molecule has 0 aromatic heterocycles. The molecular weight excluding hydrogens is 496 g/mol. The summed E-state index contributed by atoms with van der Waals surface area (Å²) in [5.41, 5.74) is 0.359. The SMILES string of the molecule is COc1ccc(C(=O)N2CCC(NC(=O)CCCN3C(=O)c4ccc([N+](=O)[O-])cc4C3=O)CC2)cc1OC. The van der Waals surface area contributed by atoms with E-state index in [-0.39, 0.29) is 54.1 Å². The molecule has 1 saturated heterocycles. The number of likely N-dealkylation sites (tertiary alicyclic amines) is 1. The second kappa shape index (κ2) is 11.3. The van der Waals surface area contributed by atoms with Crippen LogP contribution in [-0.2, 0) is 4.79 Å². The molecule has 0 atom stereocenters. The number of hydrogen-bond acceptors (Lipinski definition) is 8. The second-order valence-corrected chi connectivity index (χ2v) is 9.06. The molecule has 0 bridgehead atoms. The number of piperidine rings is 1. The van der Waals surface area contributed by atoms with E-state index in [1.807, 2.05) is 0 Å². The lowest BCUT2D eigenvalue weighted by molar-refractivity contribution is -0.384. The van der Waals surface area contributed by atoms with Gasteiger partial charge >= 0.3 is 0 Å². The van der Waals surface area contributed by atoms with Gasteiger partial charge in [-0.1, -0.05) is 0 Å². The Balaban J connectivity index is 1.22. The number of methoxy groups -OCH3 is 2. The third-order valence-electron chi connectivity index (χ3n) is 6.73. The number of benzene rings is 2. The summed E-state index contributed by atoms with van der Waals surface area (Å²) in [6, 6.07) is 8.50. The van der Waals surface area contributed by atoms with Crippen molar-refractivity contribution in [1.29, 1.82) is 0 Å². The Bertz CT molecular complexity index is 1290. The van der Waals surface area contributed by atoms with E-state index >= 15 is 0 Å². The Kier molecular flexibility index (Phi) is 7.89. The monoisotopic (exact) mass is 524 g/mol. The van der Waals surface area contributed by atoms with Crippen LogP contribution in [-0.4, -0.2) is 78.2 Å². The highest BCUT2D eigenvalue weighted by Crippen LogP contribution is 2.29. The van der Waals surface area contributed by atoms with Crippen molar-refractivity contribution in [3.63, 3.8) is 0 Å². The minimum atomic E-state index is -0.623. The highest BCUT2D eigenvalue weighted by molar-refractivity contribution is 6.21. The molecule has 0 aliphatic carbocycles. The van der Waals surface area contributed by atoms with Crippen molar-refractivity contribution in [2.45, 2.75) is 31.7 Å². The minimum Gasteiger partial charge on any atom is -0.493 e. The quantitative estimate of drug-likeness (QED) is 0.299. The molecule has 200 valence electrons. The lowest BCUT2D eigenvalue weighted by Crippen LogP contribution is -2.46. The molecule has 0 spiro atoms. The van der Waals surface area contributed by atoms with Gasteiger partial charge in [-0.25, -0.2) is 0 Å². The molecule has 0 unspecified atom stereocenters. The lowest BCUT2D eigenvalue weighted by atomic mass is 10.0. The molecule has 2 aliphatic rings. The van der Waals surface area contributed by atoms with Gasteiger partial charge in [0.15, 0.2) is 11.5 Å². The fourth-order valence-electron chi connectivity index (χ4n) is 4.67. The second-order valence-electron chi connectivity index (χ2n) is 9.06. The average molecular weight is 525 g/mol. The topological polar surface area (TPSA) is 148 Å². The maximum Gasteiger partial charge on any atom is 0.270 e. The average Bonchev–Trinajstić information content (AvgIpc) is 3.16. The van der Waals surface area contributed by atoms with Crippen LogP contribution in [0.2, 0.25) is 0 Å². The number of nitrogens with one attached hydrogen (secondary N) is 1. The molecule has 2 aromatic carbocycles. The van der Waals surface area contributed by atoms with Crippen molar-refractivity contribution in [1.82, 2.24) is 15.1 Å². The number of hydrogen-bond donors (Lipinski definition) is 1. The molecular formula is C26H28N4O8. The van der Waals surface area contributed by atoms with E-state index in [9.17, 15) is 29.3 Å². The molecule has 38 heavy (non-hydrogen) atoms. The van der Waals surface area contributed by atoms with Crippen LogP contribution in [0.3, 0.4) is 0 Å². The standard InChI is InChI=1S/C26H28N4O8/c1-37-21-8-5-16(14-22(21)38-2)24(32)28-12-9-17(10-13-28)27-23(31)4-3-11-29-25(33)19-7-6-18(30(35)36)15-20(19)26(29)34/h5-8,14-15,17H,3-4,9-13H2,1-2H3,(H,27,31). The van der Waals surface area contributed by atoms with Crippen LogP contribution >= 0.6 is 0 Å². The third kappa shape index (κ3) is 5.43. The number of nitro benzene ring substituents is 1. The van der Waals surface area contributed by atoms with Crippen LogP contribution in [0.5, 0.6) is 11.5 Å². The van der Waals surface area contributed by atoms with Crippen molar-refractivity contribution in [3.8, 4) is 11.5 Å². The van der Waals surface area contributed by atoms with Crippen molar-refractivity contribution >= 4 is 29.3 Å². The molecule has 2 aromatic rings. The molecule has 1 N–H and O–H groups in total. The summed E-state index contributed by atoms with van der Waals surface area (Å²) in [7, 11) is 3.03. The van der Waals surface area contributed by atoms with Crippen LogP contribution in [0.4, 0.5) is 5.69 Å². The van der Waals surface area contributed by atoms with E-state index in [0.717, 1.165) is 11.0 Å². The normalized spacial score (nSPS) is 15.3. The fourth-order valence-corrected chi connectivity index (χ4v) is 4.67. The van der Waals surface area contributed by atoms with Crippen LogP contribution in [0.25, 0.3) is 0 Å². The van der Waals surface area contributed by atoms with Gasteiger partial charge < -0.3 is 19.7 Å². The first-order valence-corrected chi connectivity index (χ1v) is 12.2. The van der Waals surface area contributed by atoms with Crippen molar-refractivity contribution < 1.29 is 33.6 Å². The molecule has 2 aliphatic heterocycles. The maximum absolute atomic E-state index is 12.9. The first kappa shape index (κ1) is 26.6. The Morgan fingerprint density at radius 1 is 1.00 bits per heavy atom. The highest BCUT2D eigenvalue weighted by Gasteiger charge is 2.36. The molecule has 2 heterocycles. The summed E-state index contributed by atoms with van der Waals surface area (Å²) in [5, 5.41) is 13.9. The molecule has 4 amide bonds. The first-order chi connectivity index (χ1) is 18.2. The number of rotatable bonds is 9. The predicted octanol–water partition coefficient (Wildman–Crippen LogP) is 2.41. The van der Waals surface area contributed by atoms with E-state index in [2.05, 4.69) is 5.32 Å². The van der Waals surface area contributed by atoms with Gasteiger partial charge in [-0.3, -0.25) is 34.2 Å². The van der Waals surface area contributed by atoms with Gasteiger partial charge in [0.2, 0.25) is 5.91 Å². The highest BCUT2D eigenvalue weighted by atomic mass is 16.6. The van der Waals surface area contributed by atoms with Crippen molar-refractivity contribution in [2.24, 2.45) is 0 Å². The van der Waals surface area contributed by atoms with Gasteiger partial charge in [0.1, 0.15) is 0 Å². The van der Waals surface area contributed by atoms with E-state index in [0.29, 0.717) is 43.0 Å². The number of carbonyl (C=O) groups excluding carboxylic acids is 4. The smallest absolute Gasteiger partial charge is 0.270 e. The summed E-state index contributed by atoms with van der Waals surface area (Å²) in [4.78, 5) is 63.6. The van der Waals surface area contributed by atoms with Gasteiger partial charge in [0, 0.05) is 49.8 Å². The number of fused-ring (bicyclic) bond motifs is 1. The summed E-state index contributed by atoms with van der Waals surface area (Å²) >= 11 is 0. The van der Waals surface area contributed by atoms with E-state index in [4.69, 9.17) is 9.47 Å². The van der Waals surface area contributed by atoms with Crippen molar-refractivity contribution in [2.75, 3.05) is 33.9 Å².